The molecule has 0 radical (unpaired) electrons. The highest BCUT2D eigenvalue weighted by Gasteiger charge is 2.18. The monoisotopic (exact) mass is 341 g/mol. The molecule has 25 heavy (non-hydrogen) atoms. The zero-order valence-electron chi connectivity index (χ0n) is 13.3. The zero-order chi connectivity index (χ0) is 18.0. The fraction of sp³-hybridized carbons (Fsp3) is 0.125. The van der Waals surface area contributed by atoms with Gasteiger partial charge in [-0.15, -0.1) is 0 Å². The van der Waals surface area contributed by atoms with Crippen molar-refractivity contribution >= 4 is 34.0 Å². The molecule has 0 saturated carbocycles. The number of para-hydroxylation sites is 2. The van der Waals surface area contributed by atoms with Crippen LogP contribution < -0.4 is 15.9 Å². The normalized spacial score (nSPS) is 10.6. The average molecular weight is 341 g/mol. The molecule has 128 valence electrons. The second kappa shape index (κ2) is 6.48. The van der Waals surface area contributed by atoms with Gasteiger partial charge in [-0.05, 0) is 24.3 Å². The van der Waals surface area contributed by atoms with Crippen LogP contribution in [0.2, 0.25) is 0 Å². The molecule has 3 rings (SSSR count). The third-order valence-corrected chi connectivity index (χ3v) is 3.67. The number of benzene rings is 2. The first kappa shape index (κ1) is 16.2. The predicted octanol–water partition coefficient (Wildman–Crippen LogP) is 1.84. The lowest BCUT2D eigenvalue weighted by atomic mass is 10.2. The number of aromatic amines is 2. The number of H-pyrrole nitrogens is 2. The Labute approximate surface area is 141 Å². The van der Waals surface area contributed by atoms with Crippen molar-refractivity contribution in [2.24, 2.45) is 0 Å². The third kappa shape index (κ3) is 3.50. The summed E-state index contributed by atoms with van der Waals surface area (Å²) < 4.78 is 0. The van der Waals surface area contributed by atoms with Crippen molar-refractivity contribution in [3.8, 4) is 0 Å². The van der Waals surface area contributed by atoms with E-state index in [1.807, 2.05) is 0 Å². The van der Waals surface area contributed by atoms with Crippen LogP contribution in [-0.2, 0) is 4.79 Å². The highest BCUT2D eigenvalue weighted by molar-refractivity contribution is 5.96. The molecule has 9 nitrogen and oxygen atoms in total. The summed E-state index contributed by atoms with van der Waals surface area (Å²) in [6.07, 6.45) is 0. The van der Waals surface area contributed by atoms with Crippen molar-refractivity contribution in [2.45, 2.75) is 0 Å². The molecule has 0 spiro atoms. The van der Waals surface area contributed by atoms with Gasteiger partial charge < -0.3 is 20.2 Å². The minimum absolute atomic E-state index is 0.0629. The van der Waals surface area contributed by atoms with Crippen LogP contribution in [0, 0.1) is 10.1 Å². The molecule has 1 heterocycles. The van der Waals surface area contributed by atoms with E-state index in [2.05, 4.69) is 15.3 Å². The first-order chi connectivity index (χ1) is 11.9. The van der Waals surface area contributed by atoms with Gasteiger partial charge in [0.15, 0.2) is 0 Å². The Bertz CT molecular complexity index is 1010. The molecule has 9 heteroatoms. The molecular weight excluding hydrogens is 326 g/mol. The second-order valence-electron chi connectivity index (χ2n) is 5.49. The summed E-state index contributed by atoms with van der Waals surface area (Å²) in [5, 5.41) is 13.8. The lowest BCUT2D eigenvalue weighted by Crippen LogP contribution is -2.30. The average Bonchev–Trinajstić information content (AvgIpc) is 2.94. The van der Waals surface area contributed by atoms with E-state index < -0.39 is 4.92 Å². The number of hydrogen-bond acceptors (Lipinski definition) is 5. The van der Waals surface area contributed by atoms with Crippen molar-refractivity contribution in [2.75, 3.05) is 23.8 Å². The maximum absolute atomic E-state index is 12.2. The molecule has 0 aliphatic carbocycles. The molecule has 0 aliphatic rings. The third-order valence-electron chi connectivity index (χ3n) is 3.67. The topological polar surface area (TPSA) is 124 Å². The number of carbonyl (C=O) groups excluding carboxylic acids is 1. The number of carbonyl (C=O) groups is 1. The molecule has 2 aromatic carbocycles. The van der Waals surface area contributed by atoms with Gasteiger partial charge >= 0.3 is 5.69 Å². The first-order valence-electron chi connectivity index (χ1n) is 7.40. The van der Waals surface area contributed by atoms with E-state index in [4.69, 9.17) is 0 Å². The number of nitrogens with one attached hydrogen (secondary N) is 3. The number of imidazole rings is 1. The summed E-state index contributed by atoms with van der Waals surface area (Å²) in [6.45, 7) is -0.0629. The number of amides is 1. The Kier molecular flexibility index (Phi) is 4.21. The van der Waals surface area contributed by atoms with Gasteiger partial charge in [0.05, 0.1) is 22.5 Å². The van der Waals surface area contributed by atoms with Gasteiger partial charge in [0, 0.05) is 18.8 Å². The first-order valence-corrected chi connectivity index (χ1v) is 7.40. The molecule has 0 bridgehead atoms. The van der Waals surface area contributed by atoms with Crippen LogP contribution in [-0.4, -0.2) is 34.4 Å². The van der Waals surface area contributed by atoms with Gasteiger partial charge in [0.25, 0.3) is 5.69 Å². The fourth-order valence-corrected chi connectivity index (χ4v) is 2.55. The highest BCUT2D eigenvalue weighted by Crippen LogP contribution is 2.26. The van der Waals surface area contributed by atoms with E-state index >= 15 is 0 Å². The number of hydrogen-bond donors (Lipinski definition) is 3. The maximum atomic E-state index is 12.2. The molecule has 0 saturated heterocycles. The lowest BCUT2D eigenvalue weighted by molar-refractivity contribution is -0.384. The standard InChI is InChI=1S/C16H15N5O4/c1-20(13-4-2-3-5-14(13)21(24)25)9-15(22)17-10-6-7-11-12(8-10)19-16(23)18-11/h2-8H,9H2,1H3,(H,17,22)(H2,18,19,23). The Balaban J connectivity index is 1.73. The number of nitrogens with zero attached hydrogens (tertiary/aromatic N) is 2. The Morgan fingerprint density at radius 2 is 1.92 bits per heavy atom. The molecule has 3 aromatic rings. The summed E-state index contributed by atoms with van der Waals surface area (Å²) in [5.41, 5.74) is 1.70. The SMILES string of the molecule is CN(CC(=O)Nc1ccc2[nH]c(=O)[nH]c2c1)c1ccccc1[N+](=O)[O-]. The summed E-state index contributed by atoms with van der Waals surface area (Å²) >= 11 is 0. The van der Waals surface area contributed by atoms with Gasteiger partial charge in [-0.1, -0.05) is 12.1 Å². The van der Waals surface area contributed by atoms with E-state index in [0.29, 0.717) is 22.4 Å². The second-order valence-corrected chi connectivity index (χ2v) is 5.49. The number of nitro groups is 1. The number of nitro benzene ring substituents is 1. The minimum Gasteiger partial charge on any atom is -0.360 e. The molecular formula is C16H15N5O4. The van der Waals surface area contributed by atoms with E-state index in [0.717, 1.165) is 0 Å². The molecule has 1 amide bonds. The Hall–Kier alpha value is -3.62. The molecule has 0 atom stereocenters. The Morgan fingerprint density at radius 3 is 2.68 bits per heavy atom. The van der Waals surface area contributed by atoms with Crippen LogP contribution in [0.15, 0.2) is 47.3 Å². The smallest absolute Gasteiger partial charge is 0.323 e. The molecule has 3 N–H and O–H groups in total. The predicted molar refractivity (Wildman–Crippen MR) is 93.9 cm³/mol. The number of anilines is 2. The quantitative estimate of drug-likeness (QED) is 0.482. The minimum atomic E-state index is -0.486. The van der Waals surface area contributed by atoms with Gasteiger partial charge in [0.2, 0.25) is 5.91 Å². The van der Waals surface area contributed by atoms with E-state index in [9.17, 15) is 19.7 Å². The summed E-state index contributed by atoms with van der Waals surface area (Å²) in [7, 11) is 1.61. The summed E-state index contributed by atoms with van der Waals surface area (Å²) in [5.74, 6) is -0.335. The van der Waals surface area contributed by atoms with Crippen molar-refractivity contribution in [1.82, 2.24) is 9.97 Å². The molecule has 0 fully saturated rings. The van der Waals surface area contributed by atoms with E-state index in [-0.39, 0.29) is 23.8 Å². The summed E-state index contributed by atoms with van der Waals surface area (Å²) in [6, 6.07) is 11.2. The molecule has 0 aliphatic heterocycles. The Morgan fingerprint density at radius 1 is 1.20 bits per heavy atom. The van der Waals surface area contributed by atoms with Crippen LogP contribution in [0.1, 0.15) is 0 Å². The summed E-state index contributed by atoms with van der Waals surface area (Å²) in [4.78, 5) is 40.8. The van der Waals surface area contributed by atoms with Crippen LogP contribution in [0.4, 0.5) is 17.1 Å². The van der Waals surface area contributed by atoms with Crippen molar-refractivity contribution in [3.63, 3.8) is 0 Å². The van der Waals surface area contributed by atoms with Crippen LogP contribution in [0.25, 0.3) is 11.0 Å². The molecule has 0 unspecified atom stereocenters. The number of likely N-dealkylation sites (N-methyl/N-ethyl adjacent to an activating group) is 1. The zero-order valence-corrected chi connectivity index (χ0v) is 13.3. The number of aromatic nitrogens is 2. The fourth-order valence-electron chi connectivity index (χ4n) is 2.55. The van der Waals surface area contributed by atoms with Crippen molar-refractivity contribution in [1.29, 1.82) is 0 Å². The van der Waals surface area contributed by atoms with Crippen LogP contribution in [0.3, 0.4) is 0 Å². The van der Waals surface area contributed by atoms with E-state index in [1.54, 1.807) is 43.4 Å². The lowest BCUT2D eigenvalue weighted by Gasteiger charge is -2.18. The van der Waals surface area contributed by atoms with Crippen molar-refractivity contribution < 1.29 is 9.72 Å². The number of rotatable bonds is 5. The van der Waals surface area contributed by atoms with Gasteiger partial charge in [-0.25, -0.2) is 4.79 Å². The van der Waals surface area contributed by atoms with Crippen LogP contribution >= 0.6 is 0 Å². The number of fused-ring (bicyclic) bond motifs is 1. The maximum Gasteiger partial charge on any atom is 0.323 e. The van der Waals surface area contributed by atoms with E-state index in [1.165, 1.54) is 11.0 Å². The van der Waals surface area contributed by atoms with Gasteiger partial charge in [-0.3, -0.25) is 14.9 Å². The van der Waals surface area contributed by atoms with Gasteiger partial charge in [-0.2, -0.15) is 0 Å². The highest BCUT2D eigenvalue weighted by atomic mass is 16.6. The van der Waals surface area contributed by atoms with Crippen molar-refractivity contribution in [3.05, 3.63) is 63.1 Å². The van der Waals surface area contributed by atoms with Gasteiger partial charge in [0.1, 0.15) is 5.69 Å². The molecule has 1 aromatic heterocycles. The largest absolute Gasteiger partial charge is 0.360 e. The van der Waals surface area contributed by atoms with Crippen LogP contribution in [0.5, 0.6) is 0 Å².